The Morgan fingerprint density at radius 2 is 1.75 bits per heavy atom. The first-order valence-electron chi connectivity index (χ1n) is 6.13. The lowest BCUT2D eigenvalue weighted by atomic mass is 10.1. The van der Waals surface area contributed by atoms with Gasteiger partial charge in [-0.1, -0.05) is 6.92 Å². The Morgan fingerprint density at radius 1 is 1.15 bits per heavy atom. The van der Waals surface area contributed by atoms with Crippen molar-refractivity contribution < 1.29 is 26.7 Å². The van der Waals surface area contributed by atoms with E-state index in [2.05, 4.69) is 10.1 Å². The van der Waals surface area contributed by atoms with Gasteiger partial charge in [-0.3, -0.25) is 0 Å². The fraction of sp³-hybridized carbons (Fsp3) is 0.538. The monoisotopic (exact) mass is 297 g/mol. The summed E-state index contributed by atoms with van der Waals surface area (Å²) in [5.74, 6) is -1.43. The molecule has 0 saturated heterocycles. The first kappa shape index (κ1) is 16.8. The van der Waals surface area contributed by atoms with Gasteiger partial charge in [-0.15, -0.1) is 0 Å². The molecule has 0 spiro atoms. The van der Waals surface area contributed by atoms with Crippen molar-refractivity contribution in [2.45, 2.75) is 25.6 Å². The van der Waals surface area contributed by atoms with E-state index in [1.807, 2.05) is 0 Å². The van der Waals surface area contributed by atoms with Crippen LogP contribution in [0, 0.1) is 11.6 Å². The van der Waals surface area contributed by atoms with E-state index in [1.54, 1.807) is 6.92 Å². The number of hydrogen-bond donors (Lipinski definition) is 1. The van der Waals surface area contributed by atoms with Gasteiger partial charge in [0.25, 0.3) is 0 Å². The highest BCUT2D eigenvalue weighted by Crippen LogP contribution is 2.15. The Hall–Kier alpha value is -1.21. The van der Waals surface area contributed by atoms with Crippen molar-refractivity contribution in [3.63, 3.8) is 0 Å². The Bertz CT molecular complexity index is 401. The van der Waals surface area contributed by atoms with Crippen LogP contribution < -0.4 is 5.32 Å². The number of ether oxygens (including phenoxy) is 1. The van der Waals surface area contributed by atoms with Gasteiger partial charge in [0.15, 0.2) is 0 Å². The molecule has 0 heterocycles. The minimum atomic E-state index is -4.39. The minimum absolute atomic E-state index is 0.181. The molecule has 1 unspecified atom stereocenters. The highest BCUT2D eigenvalue weighted by atomic mass is 19.4. The first-order valence-corrected chi connectivity index (χ1v) is 6.13. The van der Waals surface area contributed by atoms with Gasteiger partial charge in [0, 0.05) is 12.1 Å². The first-order chi connectivity index (χ1) is 9.30. The van der Waals surface area contributed by atoms with Gasteiger partial charge < -0.3 is 10.1 Å². The van der Waals surface area contributed by atoms with E-state index < -0.39 is 30.5 Å². The van der Waals surface area contributed by atoms with Crippen LogP contribution in [0.3, 0.4) is 0 Å². The standard InChI is InChI=1S/C13H16F5NO/c1-2-19-12(7-20-8-13(16,17)18)5-9-3-10(14)6-11(15)4-9/h3-4,6,12,19H,2,5,7-8H2,1H3. The zero-order chi connectivity index (χ0) is 15.2. The average molecular weight is 297 g/mol. The molecule has 1 aromatic carbocycles. The van der Waals surface area contributed by atoms with E-state index in [4.69, 9.17) is 0 Å². The van der Waals surface area contributed by atoms with Gasteiger partial charge in [0.1, 0.15) is 18.2 Å². The van der Waals surface area contributed by atoms with E-state index >= 15 is 0 Å². The zero-order valence-corrected chi connectivity index (χ0v) is 10.9. The average Bonchev–Trinajstić information content (AvgIpc) is 2.25. The summed E-state index contributed by atoms with van der Waals surface area (Å²) >= 11 is 0. The molecule has 0 saturated carbocycles. The lowest BCUT2D eigenvalue weighted by Crippen LogP contribution is -2.36. The number of rotatable bonds is 7. The number of hydrogen-bond acceptors (Lipinski definition) is 2. The minimum Gasteiger partial charge on any atom is -0.370 e. The van der Waals surface area contributed by atoms with Gasteiger partial charge in [0.2, 0.25) is 0 Å². The van der Waals surface area contributed by atoms with E-state index in [9.17, 15) is 22.0 Å². The van der Waals surface area contributed by atoms with Crippen molar-refractivity contribution in [2.24, 2.45) is 0 Å². The number of likely N-dealkylation sites (N-methyl/N-ethyl adjacent to an activating group) is 1. The topological polar surface area (TPSA) is 21.3 Å². The summed E-state index contributed by atoms with van der Waals surface area (Å²) in [6.07, 6.45) is -4.21. The zero-order valence-electron chi connectivity index (χ0n) is 10.9. The van der Waals surface area contributed by atoms with E-state index in [-0.39, 0.29) is 13.0 Å². The van der Waals surface area contributed by atoms with Crippen LogP contribution in [0.25, 0.3) is 0 Å². The Morgan fingerprint density at radius 3 is 2.25 bits per heavy atom. The molecule has 0 aliphatic carbocycles. The van der Waals surface area contributed by atoms with Crippen LogP contribution in [0.15, 0.2) is 18.2 Å². The summed E-state index contributed by atoms with van der Waals surface area (Å²) in [6.45, 7) is 0.763. The summed E-state index contributed by atoms with van der Waals surface area (Å²) in [5, 5.41) is 2.92. The van der Waals surface area contributed by atoms with Crippen molar-refractivity contribution >= 4 is 0 Å². The third-order valence-electron chi connectivity index (χ3n) is 2.48. The van der Waals surface area contributed by atoms with Gasteiger partial charge in [0.05, 0.1) is 6.61 Å². The quantitative estimate of drug-likeness (QED) is 0.781. The molecular weight excluding hydrogens is 281 g/mol. The van der Waals surface area contributed by atoms with E-state index in [1.165, 1.54) is 0 Å². The summed E-state index contributed by atoms with van der Waals surface area (Å²) in [4.78, 5) is 0. The number of alkyl halides is 3. The fourth-order valence-electron chi connectivity index (χ4n) is 1.81. The highest BCUT2D eigenvalue weighted by Gasteiger charge is 2.27. The third kappa shape index (κ3) is 6.81. The number of halogens is 5. The van der Waals surface area contributed by atoms with E-state index in [0.29, 0.717) is 12.1 Å². The molecule has 0 radical (unpaired) electrons. The normalized spacial score (nSPS) is 13.5. The smallest absolute Gasteiger partial charge is 0.370 e. The third-order valence-corrected chi connectivity index (χ3v) is 2.48. The lowest BCUT2D eigenvalue weighted by Gasteiger charge is -2.18. The largest absolute Gasteiger partial charge is 0.411 e. The number of benzene rings is 1. The molecule has 7 heteroatoms. The van der Waals surface area contributed by atoms with Crippen LogP contribution >= 0.6 is 0 Å². The Labute approximate surface area is 113 Å². The molecule has 0 aliphatic heterocycles. The maximum absolute atomic E-state index is 13.0. The molecule has 0 bridgehead atoms. The van der Waals surface area contributed by atoms with Crippen LogP contribution in [0.4, 0.5) is 22.0 Å². The molecule has 0 amide bonds. The van der Waals surface area contributed by atoms with Crippen molar-refractivity contribution in [3.8, 4) is 0 Å². The number of nitrogens with one attached hydrogen (secondary N) is 1. The molecule has 1 N–H and O–H groups in total. The van der Waals surface area contributed by atoms with Crippen LogP contribution in [-0.4, -0.2) is 32.0 Å². The summed E-state index contributed by atoms with van der Waals surface area (Å²) < 4.78 is 66.6. The maximum atomic E-state index is 13.0. The van der Waals surface area contributed by atoms with Crippen LogP contribution in [0.1, 0.15) is 12.5 Å². The second-order valence-corrected chi connectivity index (χ2v) is 4.37. The summed E-state index contributed by atoms with van der Waals surface area (Å²) in [6, 6.07) is 2.60. The van der Waals surface area contributed by atoms with Crippen molar-refractivity contribution in [3.05, 3.63) is 35.4 Å². The Kier molecular flexibility index (Phi) is 6.35. The molecular formula is C13H16F5NO. The molecule has 2 nitrogen and oxygen atoms in total. The molecule has 20 heavy (non-hydrogen) atoms. The van der Waals surface area contributed by atoms with Crippen LogP contribution in [-0.2, 0) is 11.2 Å². The molecule has 0 fully saturated rings. The molecule has 114 valence electrons. The fourth-order valence-corrected chi connectivity index (χ4v) is 1.81. The summed E-state index contributed by atoms with van der Waals surface area (Å²) in [5.41, 5.74) is 0.365. The van der Waals surface area contributed by atoms with E-state index in [0.717, 1.165) is 18.2 Å². The second kappa shape index (κ2) is 7.54. The second-order valence-electron chi connectivity index (χ2n) is 4.37. The molecule has 0 aliphatic rings. The van der Waals surface area contributed by atoms with Crippen LogP contribution in [0.5, 0.6) is 0 Å². The molecule has 0 aromatic heterocycles. The lowest BCUT2D eigenvalue weighted by molar-refractivity contribution is -0.175. The molecule has 1 atom stereocenters. The highest BCUT2D eigenvalue weighted by molar-refractivity contribution is 5.19. The van der Waals surface area contributed by atoms with Gasteiger partial charge in [-0.2, -0.15) is 13.2 Å². The predicted octanol–water partition coefficient (Wildman–Crippen LogP) is 3.06. The van der Waals surface area contributed by atoms with Crippen molar-refractivity contribution in [2.75, 3.05) is 19.8 Å². The Balaban J connectivity index is 2.57. The molecule has 1 aromatic rings. The van der Waals surface area contributed by atoms with Crippen molar-refractivity contribution in [1.82, 2.24) is 5.32 Å². The predicted molar refractivity (Wildman–Crippen MR) is 64.4 cm³/mol. The van der Waals surface area contributed by atoms with Crippen LogP contribution in [0.2, 0.25) is 0 Å². The van der Waals surface area contributed by atoms with Crippen molar-refractivity contribution in [1.29, 1.82) is 0 Å². The molecule has 1 rings (SSSR count). The summed E-state index contributed by atoms with van der Waals surface area (Å²) in [7, 11) is 0. The van der Waals surface area contributed by atoms with Gasteiger partial charge in [-0.25, -0.2) is 8.78 Å². The maximum Gasteiger partial charge on any atom is 0.411 e. The SMILES string of the molecule is CCNC(COCC(F)(F)F)Cc1cc(F)cc(F)c1. The van der Waals surface area contributed by atoms with Gasteiger partial charge in [-0.05, 0) is 30.7 Å². The van der Waals surface area contributed by atoms with Gasteiger partial charge >= 0.3 is 6.18 Å².